The smallest absolute Gasteiger partial charge is 0.306 e. The van der Waals surface area contributed by atoms with Crippen LogP contribution in [0.25, 0.3) is 0 Å². The minimum absolute atomic E-state index is 0.0962. The van der Waals surface area contributed by atoms with Crippen LogP contribution in [-0.4, -0.2) is 37.2 Å². The number of esters is 3. The van der Waals surface area contributed by atoms with Crippen LogP contribution in [0.5, 0.6) is 0 Å². The molecule has 6 heteroatoms. The molecule has 0 aromatic heterocycles. The van der Waals surface area contributed by atoms with Gasteiger partial charge in [0.25, 0.3) is 0 Å². The van der Waals surface area contributed by atoms with Gasteiger partial charge in [0.2, 0.25) is 0 Å². The van der Waals surface area contributed by atoms with Crippen molar-refractivity contribution in [1.82, 2.24) is 0 Å². The van der Waals surface area contributed by atoms with E-state index in [9.17, 15) is 14.4 Å². The van der Waals surface area contributed by atoms with Gasteiger partial charge in [0.05, 0.1) is 0 Å². The van der Waals surface area contributed by atoms with Gasteiger partial charge in [-0.05, 0) is 96.3 Å². The van der Waals surface area contributed by atoms with Gasteiger partial charge >= 0.3 is 17.9 Å². The molecule has 0 radical (unpaired) electrons. The van der Waals surface area contributed by atoms with Crippen molar-refractivity contribution in [3.8, 4) is 0 Å². The Morgan fingerprint density at radius 2 is 0.619 bits per heavy atom. The van der Waals surface area contributed by atoms with Gasteiger partial charge in [0.1, 0.15) is 13.2 Å². The second kappa shape index (κ2) is 51.0. The highest BCUT2D eigenvalue weighted by Crippen LogP contribution is 2.14. The van der Waals surface area contributed by atoms with Crippen molar-refractivity contribution in [2.75, 3.05) is 13.2 Å². The highest BCUT2D eigenvalue weighted by Gasteiger charge is 2.19. The maximum atomic E-state index is 12.8. The van der Waals surface area contributed by atoms with Crippen LogP contribution in [-0.2, 0) is 28.6 Å². The number of unbranched alkanes of at least 4 members (excludes halogenated alkanes) is 18. The van der Waals surface area contributed by atoms with Crippen molar-refractivity contribution in [3.05, 3.63) is 97.2 Å². The Morgan fingerprint density at radius 1 is 0.333 bits per heavy atom. The Morgan fingerprint density at radius 3 is 0.984 bits per heavy atom. The zero-order valence-electron chi connectivity index (χ0n) is 40.8. The molecular formula is C57H94O6. The molecule has 0 N–H and O–H groups in total. The first kappa shape index (κ1) is 59.3. The van der Waals surface area contributed by atoms with Crippen molar-refractivity contribution in [3.63, 3.8) is 0 Å². The quantitative estimate of drug-likeness (QED) is 0.0262. The van der Waals surface area contributed by atoms with Crippen LogP contribution in [0.2, 0.25) is 0 Å². The normalized spacial score (nSPS) is 12.9. The molecule has 0 aliphatic rings. The molecule has 0 amide bonds. The summed E-state index contributed by atoms with van der Waals surface area (Å²) in [6, 6.07) is 0. The Bertz CT molecular complexity index is 1280. The molecule has 0 aliphatic heterocycles. The van der Waals surface area contributed by atoms with Crippen molar-refractivity contribution in [2.24, 2.45) is 0 Å². The topological polar surface area (TPSA) is 78.9 Å². The summed E-state index contributed by atoms with van der Waals surface area (Å²) >= 11 is 0. The molecule has 0 unspecified atom stereocenters. The second-order valence-corrected chi connectivity index (χ2v) is 16.7. The van der Waals surface area contributed by atoms with Gasteiger partial charge in [-0.2, -0.15) is 0 Å². The van der Waals surface area contributed by atoms with E-state index in [0.717, 1.165) is 135 Å². The number of rotatable bonds is 45. The first-order chi connectivity index (χ1) is 31.0. The molecule has 0 aliphatic carbocycles. The fraction of sp³-hybridized carbons (Fsp3) is 0.667. The average molecular weight is 875 g/mol. The summed E-state index contributed by atoms with van der Waals surface area (Å²) in [6.07, 6.45) is 66.7. The number of ether oxygens (including phenoxy) is 3. The SMILES string of the molecule is CC/C=C\C/C=C\C/C=C\C/C=C\C/C=C\CCCCCC(=O)O[C@H](COC(=O)CCCCCCC/C=C\C/C=C\C/C=C\CC)COC(=O)CCCCCCCCCCCCC. The highest BCUT2D eigenvalue weighted by molar-refractivity contribution is 5.71. The summed E-state index contributed by atoms with van der Waals surface area (Å²) in [5, 5.41) is 0. The van der Waals surface area contributed by atoms with Crippen LogP contribution in [0.15, 0.2) is 97.2 Å². The predicted molar refractivity (Wildman–Crippen MR) is 270 cm³/mol. The molecule has 358 valence electrons. The number of hydrogen-bond donors (Lipinski definition) is 0. The zero-order chi connectivity index (χ0) is 45.8. The third-order valence-electron chi connectivity index (χ3n) is 10.6. The summed E-state index contributed by atoms with van der Waals surface area (Å²) in [4.78, 5) is 37.9. The minimum atomic E-state index is -0.800. The molecular weight excluding hydrogens is 781 g/mol. The van der Waals surface area contributed by atoms with E-state index < -0.39 is 6.10 Å². The van der Waals surface area contributed by atoms with Crippen LogP contribution in [0.1, 0.15) is 226 Å². The van der Waals surface area contributed by atoms with E-state index in [4.69, 9.17) is 14.2 Å². The lowest BCUT2D eigenvalue weighted by molar-refractivity contribution is -0.167. The van der Waals surface area contributed by atoms with Crippen LogP contribution in [0.3, 0.4) is 0 Å². The molecule has 1 atom stereocenters. The van der Waals surface area contributed by atoms with Gasteiger partial charge in [-0.3, -0.25) is 14.4 Å². The first-order valence-corrected chi connectivity index (χ1v) is 25.7. The van der Waals surface area contributed by atoms with Gasteiger partial charge in [-0.25, -0.2) is 0 Å². The average Bonchev–Trinajstić information content (AvgIpc) is 3.28. The highest BCUT2D eigenvalue weighted by atomic mass is 16.6. The van der Waals surface area contributed by atoms with E-state index >= 15 is 0 Å². The van der Waals surface area contributed by atoms with E-state index in [1.807, 2.05) is 0 Å². The Hall–Kier alpha value is -3.67. The Labute approximate surface area is 387 Å². The third kappa shape index (κ3) is 49.2. The number of carbonyl (C=O) groups is 3. The van der Waals surface area contributed by atoms with E-state index in [1.165, 1.54) is 51.4 Å². The molecule has 0 saturated heterocycles. The summed E-state index contributed by atoms with van der Waals surface area (Å²) in [5.74, 6) is -0.950. The Kier molecular flexibility index (Phi) is 48.0. The van der Waals surface area contributed by atoms with Gasteiger partial charge in [0, 0.05) is 19.3 Å². The van der Waals surface area contributed by atoms with Crippen LogP contribution in [0, 0.1) is 0 Å². The molecule has 0 aromatic carbocycles. The van der Waals surface area contributed by atoms with Gasteiger partial charge in [-0.1, -0.05) is 208 Å². The lowest BCUT2D eigenvalue weighted by Gasteiger charge is -2.18. The largest absolute Gasteiger partial charge is 0.462 e. The van der Waals surface area contributed by atoms with E-state index in [0.29, 0.717) is 12.8 Å². The summed E-state index contributed by atoms with van der Waals surface area (Å²) < 4.78 is 16.7. The minimum Gasteiger partial charge on any atom is -0.462 e. The maximum Gasteiger partial charge on any atom is 0.306 e. The van der Waals surface area contributed by atoms with Gasteiger partial charge in [-0.15, -0.1) is 0 Å². The monoisotopic (exact) mass is 875 g/mol. The zero-order valence-corrected chi connectivity index (χ0v) is 40.8. The molecule has 0 bridgehead atoms. The predicted octanol–water partition coefficient (Wildman–Crippen LogP) is 17.0. The standard InChI is InChI=1S/C57H94O6/c1-4-7-10-13-16-19-22-24-26-27-28-29-31-33-36-39-42-45-48-51-57(60)63-54(52-61-55(58)49-46-43-40-37-34-21-18-15-12-9-6-3)53-62-56(59)50-47-44-41-38-35-32-30-25-23-20-17-14-11-8-5-2/h7-8,10-11,16-17,19-20,24-26,28-30,33,36,54H,4-6,9,12-15,18,21-23,27,31-32,34-35,37-53H2,1-3H3/b10-7-,11-8-,19-16-,20-17-,26-24-,29-28-,30-25-,36-33-/t54-/m0/s1. The summed E-state index contributed by atoms with van der Waals surface area (Å²) in [5.41, 5.74) is 0. The maximum absolute atomic E-state index is 12.8. The van der Waals surface area contributed by atoms with Crippen molar-refractivity contribution in [2.45, 2.75) is 232 Å². The molecule has 0 saturated carbocycles. The number of carbonyl (C=O) groups excluding carboxylic acids is 3. The summed E-state index contributed by atoms with van der Waals surface area (Å²) in [6.45, 7) is 6.35. The third-order valence-corrected chi connectivity index (χ3v) is 10.6. The van der Waals surface area contributed by atoms with Crippen LogP contribution < -0.4 is 0 Å². The molecule has 0 fully saturated rings. The van der Waals surface area contributed by atoms with Gasteiger partial charge < -0.3 is 14.2 Å². The number of hydrogen-bond acceptors (Lipinski definition) is 6. The fourth-order valence-electron chi connectivity index (χ4n) is 6.78. The molecule has 0 rings (SSSR count). The van der Waals surface area contributed by atoms with E-state index in [1.54, 1.807) is 0 Å². The van der Waals surface area contributed by atoms with Crippen LogP contribution >= 0.6 is 0 Å². The molecule has 6 nitrogen and oxygen atoms in total. The fourth-order valence-corrected chi connectivity index (χ4v) is 6.78. The number of allylic oxidation sites excluding steroid dienone is 16. The summed E-state index contributed by atoms with van der Waals surface area (Å²) in [7, 11) is 0. The molecule has 63 heavy (non-hydrogen) atoms. The van der Waals surface area contributed by atoms with Crippen LogP contribution in [0.4, 0.5) is 0 Å². The van der Waals surface area contributed by atoms with E-state index in [2.05, 4.69) is 118 Å². The van der Waals surface area contributed by atoms with Crippen molar-refractivity contribution < 1.29 is 28.6 Å². The molecule has 0 heterocycles. The molecule has 0 spiro atoms. The van der Waals surface area contributed by atoms with E-state index in [-0.39, 0.29) is 37.5 Å². The lowest BCUT2D eigenvalue weighted by Crippen LogP contribution is -2.30. The second-order valence-electron chi connectivity index (χ2n) is 16.7. The molecule has 0 aromatic rings. The van der Waals surface area contributed by atoms with Crippen molar-refractivity contribution >= 4 is 17.9 Å². The lowest BCUT2D eigenvalue weighted by atomic mass is 10.1. The Balaban J connectivity index is 4.47. The first-order valence-electron chi connectivity index (χ1n) is 25.7. The van der Waals surface area contributed by atoms with Gasteiger partial charge in [0.15, 0.2) is 6.10 Å². The van der Waals surface area contributed by atoms with Crippen molar-refractivity contribution in [1.29, 1.82) is 0 Å².